The highest BCUT2D eigenvalue weighted by Crippen LogP contribution is 2.19. The van der Waals surface area contributed by atoms with Crippen molar-refractivity contribution in [3.63, 3.8) is 0 Å². The van der Waals surface area contributed by atoms with Crippen LogP contribution >= 0.6 is 0 Å². The Morgan fingerprint density at radius 2 is 2.39 bits per heavy atom. The lowest BCUT2D eigenvalue weighted by atomic mass is 10.0. The molecule has 4 nitrogen and oxygen atoms in total. The van der Waals surface area contributed by atoms with Crippen molar-refractivity contribution in [2.75, 3.05) is 19.6 Å². The van der Waals surface area contributed by atoms with Gasteiger partial charge in [0.2, 0.25) is 0 Å². The molecule has 2 heterocycles. The summed E-state index contributed by atoms with van der Waals surface area (Å²) in [6, 6.07) is 2.61. The summed E-state index contributed by atoms with van der Waals surface area (Å²) < 4.78 is 5.22. The van der Waals surface area contributed by atoms with E-state index in [1.165, 1.54) is 25.8 Å². The molecule has 0 saturated carbocycles. The predicted octanol–water partition coefficient (Wildman–Crippen LogP) is 2.27. The number of hydrogen-bond donors (Lipinski definition) is 1. The second-order valence-electron chi connectivity index (χ2n) is 5.65. The van der Waals surface area contributed by atoms with Crippen molar-refractivity contribution in [1.29, 1.82) is 0 Å². The minimum Gasteiger partial charge on any atom is -0.360 e. The number of nitrogens with zero attached hydrogens (tertiary/aromatic N) is 2. The molecule has 0 aliphatic carbocycles. The zero-order valence-corrected chi connectivity index (χ0v) is 11.6. The van der Waals surface area contributed by atoms with Gasteiger partial charge in [-0.15, -0.1) is 0 Å². The van der Waals surface area contributed by atoms with Crippen LogP contribution in [0.15, 0.2) is 16.8 Å². The van der Waals surface area contributed by atoms with Gasteiger partial charge >= 0.3 is 0 Å². The van der Waals surface area contributed by atoms with E-state index in [-0.39, 0.29) is 0 Å². The van der Waals surface area contributed by atoms with Crippen LogP contribution in [0.2, 0.25) is 0 Å². The highest BCUT2D eigenvalue weighted by molar-refractivity contribution is 4.94. The first-order valence-corrected chi connectivity index (χ1v) is 7.10. The number of hydrogen-bond acceptors (Lipinski definition) is 4. The molecular formula is C14H25N3O. The van der Waals surface area contributed by atoms with Crippen LogP contribution in [0.3, 0.4) is 0 Å². The van der Waals surface area contributed by atoms with E-state index in [0.29, 0.717) is 6.04 Å². The number of nitrogens with one attached hydrogen (secondary N) is 1. The van der Waals surface area contributed by atoms with Gasteiger partial charge in [0.05, 0.1) is 12.7 Å². The Labute approximate surface area is 110 Å². The Balaban J connectivity index is 1.81. The van der Waals surface area contributed by atoms with Crippen molar-refractivity contribution in [2.45, 2.75) is 45.7 Å². The monoisotopic (exact) mass is 251 g/mol. The number of rotatable bonds is 6. The van der Waals surface area contributed by atoms with Gasteiger partial charge in [-0.05, 0) is 31.8 Å². The molecule has 1 aromatic heterocycles. The van der Waals surface area contributed by atoms with Crippen LogP contribution in [0.1, 0.15) is 38.9 Å². The van der Waals surface area contributed by atoms with Gasteiger partial charge < -0.3 is 9.84 Å². The molecule has 1 aliphatic heterocycles. The molecule has 18 heavy (non-hydrogen) atoms. The maximum absolute atomic E-state index is 5.22. The molecule has 0 radical (unpaired) electrons. The first kappa shape index (κ1) is 13.6. The Bertz CT molecular complexity index is 324. The van der Waals surface area contributed by atoms with Crippen molar-refractivity contribution in [2.24, 2.45) is 5.92 Å². The fraction of sp³-hybridized carbons (Fsp3) is 0.786. The van der Waals surface area contributed by atoms with Crippen LogP contribution in [-0.4, -0.2) is 35.7 Å². The molecular weight excluding hydrogens is 226 g/mol. The minimum absolute atomic E-state index is 0.641. The van der Waals surface area contributed by atoms with Crippen LogP contribution in [0, 0.1) is 5.92 Å². The van der Waals surface area contributed by atoms with E-state index >= 15 is 0 Å². The van der Waals surface area contributed by atoms with E-state index in [1.54, 1.807) is 6.20 Å². The van der Waals surface area contributed by atoms with Gasteiger partial charge in [-0.3, -0.25) is 4.90 Å². The van der Waals surface area contributed by atoms with Crippen LogP contribution in [-0.2, 0) is 6.54 Å². The zero-order chi connectivity index (χ0) is 12.8. The number of aromatic nitrogens is 1. The lowest BCUT2D eigenvalue weighted by Gasteiger charge is -2.35. The summed E-state index contributed by atoms with van der Waals surface area (Å²) in [5.41, 5.74) is 0. The van der Waals surface area contributed by atoms with Crippen molar-refractivity contribution in [3.8, 4) is 0 Å². The van der Waals surface area contributed by atoms with Gasteiger partial charge in [-0.25, -0.2) is 0 Å². The van der Waals surface area contributed by atoms with Crippen LogP contribution in [0.25, 0.3) is 0 Å². The van der Waals surface area contributed by atoms with E-state index in [1.807, 2.05) is 6.07 Å². The van der Waals surface area contributed by atoms with Gasteiger partial charge in [-0.2, -0.15) is 0 Å². The molecule has 1 aromatic rings. The Morgan fingerprint density at radius 3 is 3.11 bits per heavy atom. The average Bonchev–Trinajstić information content (AvgIpc) is 2.84. The molecule has 0 spiro atoms. The molecule has 1 fully saturated rings. The normalized spacial score (nSPS) is 21.6. The summed E-state index contributed by atoms with van der Waals surface area (Å²) in [5.74, 6) is 1.70. The first-order valence-electron chi connectivity index (χ1n) is 7.10. The molecule has 0 aromatic carbocycles. The van der Waals surface area contributed by atoms with E-state index in [2.05, 4.69) is 29.2 Å². The van der Waals surface area contributed by atoms with E-state index in [4.69, 9.17) is 4.52 Å². The Kier molecular flexibility index (Phi) is 5.20. The summed E-state index contributed by atoms with van der Waals surface area (Å²) >= 11 is 0. The SMILES string of the molecule is CC(C)CNCC1CCCCN1Cc1ccno1. The summed E-state index contributed by atoms with van der Waals surface area (Å²) in [4.78, 5) is 2.53. The Morgan fingerprint density at radius 1 is 1.50 bits per heavy atom. The fourth-order valence-electron chi connectivity index (χ4n) is 2.56. The second-order valence-corrected chi connectivity index (χ2v) is 5.65. The highest BCUT2D eigenvalue weighted by Gasteiger charge is 2.22. The van der Waals surface area contributed by atoms with E-state index in [9.17, 15) is 0 Å². The minimum atomic E-state index is 0.641. The lowest BCUT2D eigenvalue weighted by Crippen LogP contribution is -2.45. The summed E-state index contributed by atoms with van der Waals surface area (Å²) in [6.07, 6.45) is 5.67. The molecule has 1 aliphatic rings. The van der Waals surface area contributed by atoms with Crippen molar-refractivity contribution in [1.82, 2.24) is 15.4 Å². The summed E-state index contributed by atoms with van der Waals surface area (Å²) in [5, 5.41) is 7.36. The van der Waals surface area contributed by atoms with Gasteiger partial charge in [0.1, 0.15) is 0 Å². The summed E-state index contributed by atoms with van der Waals surface area (Å²) in [7, 11) is 0. The number of likely N-dealkylation sites (tertiary alicyclic amines) is 1. The molecule has 0 bridgehead atoms. The predicted molar refractivity (Wildman–Crippen MR) is 72.3 cm³/mol. The topological polar surface area (TPSA) is 41.3 Å². The van der Waals surface area contributed by atoms with Crippen LogP contribution < -0.4 is 5.32 Å². The van der Waals surface area contributed by atoms with E-state index in [0.717, 1.165) is 31.3 Å². The fourth-order valence-corrected chi connectivity index (χ4v) is 2.56. The third kappa shape index (κ3) is 4.10. The molecule has 1 atom stereocenters. The van der Waals surface area contributed by atoms with Gasteiger partial charge in [0.25, 0.3) is 0 Å². The second kappa shape index (κ2) is 6.90. The smallest absolute Gasteiger partial charge is 0.150 e. The third-order valence-electron chi connectivity index (χ3n) is 3.53. The van der Waals surface area contributed by atoms with E-state index < -0.39 is 0 Å². The molecule has 0 amide bonds. The maximum Gasteiger partial charge on any atom is 0.150 e. The molecule has 4 heteroatoms. The molecule has 2 rings (SSSR count). The van der Waals surface area contributed by atoms with Crippen molar-refractivity contribution >= 4 is 0 Å². The summed E-state index contributed by atoms with van der Waals surface area (Å²) in [6.45, 7) is 8.77. The highest BCUT2D eigenvalue weighted by atomic mass is 16.5. The third-order valence-corrected chi connectivity index (χ3v) is 3.53. The zero-order valence-electron chi connectivity index (χ0n) is 11.6. The standard InChI is InChI=1S/C14H25N3O/c1-12(2)9-15-10-13-5-3-4-8-17(13)11-14-6-7-16-18-14/h6-7,12-13,15H,3-5,8-11H2,1-2H3. The average molecular weight is 251 g/mol. The van der Waals surface area contributed by atoms with Crippen molar-refractivity contribution in [3.05, 3.63) is 18.0 Å². The van der Waals surface area contributed by atoms with Crippen molar-refractivity contribution < 1.29 is 4.52 Å². The van der Waals surface area contributed by atoms with Gasteiger partial charge in [-0.1, -0.05) is 25.4 Å². The van der Waals surface area contributed by atoms with Gasteiger partial charge in [0, 0.05) is 18.7 Å². The van der Waals surface area contributed by atoms with Crippen LogP contribution in [0.5, 0.6) is 0 Å². The molecule has 1 N–H and O–H groups in total. The van der Waals surface area contributed by atoms with Crippen LogP contribution in [0.4, 0.5) is 0 Å². The molecule has 1 saturated heterocycles. The largest absolute Gasteiger partial charge is 0.360 e. The first-order chi connectivity index (χ1) is 8.75. The number of piperidine rings is 1. The molecule has 102 valence electrons. The maximum atomic E-state index is 5.22. The van der Waals surface area contributed by atoms with Gasteiger partial charge in [0.15, 0.2) is 5.76 Å². The molecule has 1 unspecified atom stereocenters. The Hall–Kier alpha value is -0.870. The lowest BCUT2D eigenvalue weighted by molar-refractivity contribution is 0.123. The quantitative estimate of drug-likeness (QED) is 0.842.